The van der Waals surface area contributed by atoms with Gasteiger partial charge >= 0.3 is 0 Å². The van der Waals surface area contributed by atoms with Crippen molar-refractivity contribution < 1.29 is 14.7 Å². The van der Waals surface area contributed by atoms with E-state index in [2.05, 4.69) is 16.8 Å². The lowest BCUT2D eigenvalue weighted by Crippen LogP contribution is -2.42. The number of fused-ring (bicyclic) bond motifs is 1. The molecule has 0 unspecified atom stereocenters. The topological polar surface area (TPSA) is 69.6 Å². The van der Waals surface area contributed by atoms with Crippen LogP contribution in [0.2, 0.25) is 0 Å². The molecule has 0 saturated carbocycles. The van der Waals surface area contributed by atoms with Gasteiger partial charge in [-0.15, -0.1) is 11.3 Å². The van der Waals surface area contributed by atoms with Crippen LogP contribution in [-0.4, -0.2) is 40.5 Å². The number of aliphatic hydroxyl groups is 1. The highest BCUT2D eigenvalue weighted by molar-refractivity contribution is 7.10. The van der Waals surface area contributed by atoms with Crippen LogP contribution in [0.15, 0.2) is 11.4 Å². The van der Waals surface area contributed by atoms with Crippen LogP contribution in [0.1, 0.15) is 50.0 Å². The number of amides is 2. The molecule has 23 heavy (non-hydrogen) atoms. The van der Waals surface area contributed by atoms with Crippen LogP contribution in [0.4, 0.5) is 0 Å². The van der Waals surface area contributed by atoms with Crippen molar-refractivity contribution in [1.82, 2.24) is 10.2 Å². The van der Waals surface area contributed by atoms with Gasteiger partial charge in [-0.25, -0.2) is 0 Å². The first-order valence-corrected chi connectivity index (χ1v) is 9.17. The third kappa shape index (κ3) is 4.78. The Morgan fingerprint density at radius 1 is 1.35 bits per heavy atom. The maximum Gasteiger partial charge on any atom is 0.223 e. The number of hydrogen-bond acceptors (Lipinski definition) is 4. The largest absolute Gasteiger partial charge is 0.388 e. The number of thiophene rings is 1. The fraction of sp³-hybridized carbons (Fsp3) is 0.647. The molecule has 128 valence electrons. The molecular formula is C17H26N2O3S. The van der Waals surface area contributed by atoms with Gasteiger partial charge in [-0.3, -0.25) is 9.59 Å². The minimum atomic E-state index is -0.845. The number of rotatable bonds is 7. The molecule has 2 heterocycles. The number of nitrogens with zero attached hydrogens (tertiary/aromatic N) is 1. The van der Waals surface area contributed by atoms with Crippen molar-refractivity contribution in [2.45, 2.75) is 58.1 Å². The lowest BCUT2D eigenvalue weighted by Gasteiger charge is -2.27. The molecule has 0 bridgehead atoms. The van der Waals surface area contributed by atoms with Crippen LogP contribution >= 0.6 is 11.3 Å². The van der Waals surface area contributed by atoms with Crippen LogP contribution in [0, 0.1) is 0 Å². The van der Waals surface area contributed by atoms with Crippen LogP contribution in [0.25, 0.3) is 0 Å². The molecule has 5 nitrogen and oxygen atoms in total. The van der Waals surface area contributed by atoms with Gasteiger partial charge in [0.2, 0.25) is 11.8 Å². The Bertz CT molecular complexity index is 552. The lowest BCUT2D eigenvalue weighted by atomic mass is 9.97. The Morgan fingerprint density at radius 3 is 2.78 bits per heavy atom. The van der Waals surface area contributed by atoms with E-state index in [1.807, 2.05) is 18.7 Å². The second-order valence-corrected chi connectivity index (χ2v) is 7.14. The van der Waals surface area contributed by atoms with Gasteiger partial charge in [0.25, 0.3) is 0 Å². The van der Waals surface area contributed by atoms with Gasteiger partial charge in [-0.2, -0.15) is 0 Å². The predicted octanol–water partition coefficient (Wildman–Crippen LogP) is 2.08. The van der Waals surface area contributed by atoms with E-state index in [0.717, 1.165) is 13.0 Å². The number of hydrogen-bond donors (Lipinski definition) is 2. The zero-order valence-electron chi connectivity index (χ0n) is 13.9. The monoisotopic (exact) mass is 338 g/mol. The van der Waals surface area contributed by atoms with Gasteiger partial charge in [0, 0.05) is 37.4 Å². The summed E-state index contributed by atoms with van der Waals surface area (Å²) in [6.45, 7) is 5.43. The van der Waals surface area contributed by atoms with Crippen molar-refractivity contribution in [2.75, 3.05) is 13.1 Å². The van der Waals surface area contributed by atoms with E-state index in [9.17, 15) is 14.7 Å². The first-order chi connectivity index (χ1) is 11.0. The van der Waals surface area contributed by atoms with Crippen molar-refractivity contribution in [2.24, 2.45) is 0 Å². The molecule has 1 aliphatic heterocycles. The van der Waals surface area contributed by atoms with Crippen LogP contribution in [0.3, 0.4) is 0 Å². The zero-order valence-corrected chi connectivity index (χ0v) is 14.7. The molecule has 1 aliphatic rings. The Balaban J connectivity index is 1.73. The summed E-state index contributed by atoms with van der Waals surface area (Å²) in [4.78, 5) is 27.3. The average Bonchev–Trinajstić information content (AvgIpc) is 3.05. The van der Waals surface area contributed by atoms with E-state index in [4.69, 9.17) is 0 Å². The van der Waals surface area contributed by atoms with E-state index in [-0.39, 0.29) is 31.2 Å². The molecule has 0 saturated heterocycles. The van der Waals surface area contributed by atoms with Gasteiger partial charge in [-0.05, 0) is 36.3 Å². The summed E-state index contributed by atoms with van der Waals surface area (Å²) in [7, 11) is 0. The second kappa shape index (κ2) is 7.93. The van der Waals surface area contributed by atoms with Gasteiger partial charge in [0.1, 0.15) is 0 Å². The Hall–Kier alpha value is -1.40. The average molecular weight is 338 g/mol. The second-order valence-electron chi connectivity index (χ2n) is 6.14. The van der Waals surface area contributed by atoms with E-state index < -0.39 is 5.60 Å². The van der Waals surface area contributed by atoms with E-state index in [1.54, 1.807) is 11.3 Å². The fourth-order valence-corrected chi connectivity index (χ4v) is 3.58. The standard InChI is InChI=1S/C17H26N2O3S/c1-3-17(22,4-2)12-18-15(20)5-6-16(21)19-9-7-14-13(11-19)8-10-23-14/h8,10,22H,3-7,9,11-12H2,1-2H3,(H,18,20). The highest BCUT2D eigenvalue weighted by Gasteiger charge is 2.24. The van der Waals surface area contributed by atoms with Gasteiger partial charge in [0.15, 0.2) is 0 Å². The van der Waals surface area contributed by atoms with E-state index >= 15 is 0 Å². The van der Waals surface area contributed by atoms with Gasteiger partial charge in [-0.1, -0.05) is 13.8 Å². The Morgan fingerprint density at radius 2 is 2.09 bits per heavy atom. The number of carbonyl (C=O) groups is 2. The first-order valence-electron chi connectivity index (χ1n) is 8.29. The minimum Gasteiger partial charge on any atom is -0.388 e. The number of carbonyl (C=O) groups excluding carboxylic acids is 2. The molecular weight excluding hydrogens is 312 g/mol. The highest BCUT2D eigenvalue weighted by atomic mass is 32.1. The Kier molecular flexibility index (Phi) is 6.18. The maximum atomic E-state index is 12.2. The van der Waals surface area contributed by atoms with Crippen molar-refractivity contribution in [3.05, 3.63) is 21.9 Å². The van der Waals surface area contributed by atoms with Crippen LogP contribution < -0.4 is 5.32 Å². The molecule has 2 amide bonds. The normalized spacial score (nSPS) is 14.5. The van der Waals surface area contributed by atoms with Gasteiger partial charge in [0.05, 0.1) is 5.60 Å². The highest BCUT2D eigenvalue weighted by Crippen LogP contribution is 2.24. The molecule has 6 heteroatoms. The zero-order chi connectivity index (χ0) is 16.9. The van der Waals surface area contributed by atoms with Gasteiger partial charge < -0.3 is 15.3 Å². The maximum absolute atomic E-state index is 12.2. The third-order valence-electron chi connectivity index (χ3n) is 4.66. The summed E-state index contributed by atoms with van der Waals surface area (Å²) < 4.78 is 0. The molecule has 2 N–H and O–H groups in total. The van der Waals surface area contributed by atoms with Crippen molar-refractivity contribution >= 4 is 23.2 Å². The molecule has 0 atom stereocenters. The predicted molar refractivity (Wildman–Crippen MR) is 91.2 cm³/mol. The van der Waals surface area contributed by atoms with Crippen molar-refractivity contribution in [1.29, 1.82) is 0 Å². The summed E-state index contributed by atoms with van der Waals surface area (Å²) in [6.07, 6.45) is 2.50. The van der Waals surface area contributed by atoms with E-state index in [0.29, 0.717) is 19.4 Å². The minimum absolute atomic E-state index is 0.0262. The summed E-state index contributed by atoms with van der Waals surface area (Å²) in [5, 5.41) is 14.9. The summed E-state index contributed by atoms with van der Waals surface area (Å²) in [5.74, 6) is -0.148. The van der Waals surface area contributed by atoms with Crippen molar-refractivity contribution in [3.8, 4) is 0 Å². The quantitative estimate of drug-likeness (QED) is 0.800. The molecule has 0 aliphatic carbocycles. The molecule has 1 aromatic heterocycles. The molecule has 0 fully saturated rings. The smallest absolute Gasteiger partial charge is 0.223 e. The molecule has 1 aromatic rings. The molecule has 0 aromatic carbocycles. The SMILES string of the molecule is CCC(O)(CC)CNC(=O)CCC(=O)N1CCc2sccc2C1. The molecule has 0 radical (unpaired) electrons. The summed E-state index contributed by atoms with van der Waals surface area (Å²) in [6, 6.07) is 2.07. The van der Waals surface area contributed by atoms with Crippen molar-refractivity contribution in [3.63, 3.8) is 0 Å². The van der Waals surface area contributed by atoms with Crippen LogP contribution in [0.5, 0.6) is 0 Å². The first kappa shape index (κ1) is 17.9. The third-order valence-corrected chi connectivity index (χ3v) is 5.68. The summed E-state index contributed by atoms with van der Waals surface area (Å²) in [5.41, 5.74) is 0.386. The molecule has 0 spiro atoms. The van der Waals surface area contributed by atoms with Crippen LogP contribution in [-0.2, 0) is 22.6 Å². The molecule has 2 rings (SSSR count). The Labute approximate surface area is 141 Å². The van der Waals surface area contributed by atoms with E-state index in [1.165, 1.54) is 10.4 Å². The lowest BCUT2D eigenvalue weighted by molar-refractivity contribution is -0.134. The number of nitrogens with one attached hydrogen (secondary N) is 1. The fourth-order valence-electron chi connectivity index (χ4n) is 2.69. The summed E-state index contributed by atoms with van der Waals surface area (Å²) >= 11 is 1.74.